The fourth-order valence-electron chi connectivity index (χ4n) is 3.47. The Labute approximate surface area is 166 Å². The highest BCUT2D eigenvalue weighted by atomic mass is 19.1. The molecule has 4 rings (SSSR count). The molecule has 8 nitrogen and oxygen atoms in total. The fraction of sp³-hybridized carbons (Fsp3) is 0.300. The number of aromatic nitrogens is 3. The van der Waals surface area contributed by atoms with Gasteiger partial charge in [0.2, 0.25) is 11.8 Å². The van der Waals surface area contributed by atoms with E-state index in [1.807, 2.05) is 24.0 Å². The first-order chi connectivity index (χ1) is 14.0. The molecule has 29 heavy (non-hydrogen) atoms. The Kier molecular flexibility index (Phi) is 5.22. The normalized spacial score (nSPS) is 17.3. The van der Waals surface area contributed by atoms with Crippen LogP contribution in [0.3, 0.4) is 0 Å². The summed E-state index contributed by atoms with van der Waals surface area (Å²) >= 11 is 0. The van der Waals surface area contributed by atoms with Gasteiger partial charge in [-0.1, -0.05) is 18.2 Å². The molecule has 1 fully saturated rings. The van der Waals surface area contributed by atoms with Crippen molar-refractivity contribution in [2.45, 2.75) is 25.9 Å². The number of carbonyl (C=O) groups is 2. The number of hydrogen-bond donors (Lipinski definition) is 3. The summed E-state index contributed by atoms with van der Waals surface area (Å²) in [5, 5.41) is 13.1. The van der Waals surface area contributed by atoms with Gasteiger partial charge in [0.1, 0.15) is 5.82 Å². The smallest absolute Gasteiger partial charge is 0.237 e. The minimum absolute atomic E-state index is 0.0616. The van der Waals surface area contributed by atoms with Gasteiger partial charge in [-0.2, -0.15) is 5.10 Å². The van der Waals surface area contributed by atoms with E-state index in [0.29, 0.717) is 35.5 Å². The highest BCUT2D eigenvalue weighted by Gasteiger charge is 2.32. The van der Waals surface area contributed by atoms with Crippen molar-refractivity contribution >= 4 is 28.7 Å². The standard InChI is InChI=1S/C20H21FN6O2/c1-12-6-7-14-18(23-12)25-26-19(14)24-17(28)10-16-20(29)22-8-9-27(16)11-13-4-2-3-5-15(13)21/h2-7,16H,8-11H2,1H3,(H,22,29)(H2,23,24,25,26,28)/t16-/m0/s1. The molecular formula is C20H21FN6O2. The molecule has 150 valence electrons. The van der Waals surface area contributed by atoms with Crippen LogP contribution in [0.25, 0.3) is 11.0 Å². The maximum absolute atomic E-state index is 14.0. The van der Waals surface area contributed by atoms with Crippen LogP contribution in [0.5, 0.6) is 0 Å². The summed E-state index contributed by atoms with van der Waals surface area (Å²) in [6, 6.07) is 9.42. The third-order valence-electron chi connectivity index (χ3n) is 4.97. The van der Waals surface area contributed by atoms with Crippen LogP contribution in [0.4, 0.5) is 10.2 Å². The van der Waals surface area contributed by atoms with Gasteiger partial charge in [-0.15, -0.1) is 0 Å². The first kappa shape index (κ1) is 19.0. The lowest BCUT2D eigenvalue weighted by molar-refractivity contribution is -0.132. The van der Waals surface area contributed by atoms with Crippen molar-refractivity contribution in [1.82, 2.24) is 25.4 Å². The Morgan fingerprint density at radius 3 is 2.97 bits per heavy atom. The van der Waals surface area contributed by atoms with E-state index in [1.54, 1.807) is 18.2 Å². The molecule has 3 N–H and O–H groups in total. The Morgan fingerprint density at radius 2 is 2.14 bits per heavy atom. The number of aryl methyl sites for hydroxylation is 1. The van der Waals surface area contributed by atoms with Gasteiger partial charge in [-0.3, -0.25) is 19.6 Å². The van der Waals surface area contributed by atoms with E-state index < -0.39 is 6.04 Å². The summed E-state index contributed by atoms with van der Waals surface area (Å²) in [5.41, 5.74) is 1.91. The number of nitrogens with zero attached hydrogens (tertiary/aromatic N) is 3. The van der Waals surface area contributed by atoms with Gasteiger partial charge in [0, 0.05) is 30.9 Å². The minimum Gasteiger partial charge on any atom is -0.353 e. The molecule has 3 heterocycles. The molecule has 0 saturated carbocycles. The fourth-order valence-corrected chi connectivity index (χ4v) is 3.47. The Balaban J connectivity index is 1.48. The molecule has 1 atom stereocenters. The summed E-state index contributed by atoms with van der Waals surface area (Å²) in [5.74, 6) is -0.548. The van der Waals surface area contributed by atoms with Crippen LogP contribution in [0.2, 0.25) is 0 Å². The number of halogens is 1. The van der Waals surface area contributed by atoms with E-state index in [9.17, 15) is 14.0 Å². The average molecular weight is 396 g/mol. The summed E-state index contributed by atoms with van der Waals surface area (Å²) in [6.45, 7) is 3.12. The Morgan fingerprint density at radius 1 is 1.31 bits per heavy atom. The quantitative estimate of drug-likeness (QED) is 0.610. The lowest BCUT2D eigenvalue weighted by atomic mass is 10.1. The zero-order valence-electron chi connectivity index (χ0n) is 15.9. The van der Waals surface area contributed by atoms with Crippen LogP contribution >= 0.6 is 0 Å². The molecule has 0 spiro atoms. The van der Waals surface area contributed by atoms with E-state index in [-0.39, 0.29) is 30.6 Å². The van der Waals surface area contributed by atoms with Gasteiger partial charge < -0.3 is 10.6 Å². The molecule has 1 aliphatic heterocycles. The molecule has 0 bridgehead atoms. The van der Waals surface area contributed by atoms with Gasteiger partial charge in [-0.05, 0) is 25.1 Å². The number of amides is 2. The molecule has 1 aromatic carbocycles. The van der Waals surface area contributed by atoms with Crippen LogP contribution < -0.4 is 10.6 Å². The monoisotopic (exact) mass is 396 g/mol. The van der Waals surface area contributed by atoms with Crippen LogP contribution in [-0.2, 0) is 16.1 Å². The summed E-state index contributed by atoms with van der Waals surface area (Å²) in [4.78, 5) is 31.2. The summed E-state index contributed by atoms with van der Waals surface area (Å²) < 4.78 is 14.0. The number of anilines is 1. The summed E-state index contributed by atoms with van der Waals surface area (Å²) in [7, 11) is 0. The topological polar surface area (TPSA) is 103 Å². The number of benzene rings is 1. The number of carbonyl (C=O) groups excluding carboxylic acids is 2. The van der Waals surface area contributed by atoms with Crippen molar-refractivity contribution in [3.05, 3.63) is 53.5 Å². The maximum atomic E-state index is 14.0. The predicted octanol–water partition coefficient (Wildman–Crippen LogP) is 1.73. The third-order valence-corrected chi connectivity index (χ3v) is 4.97. The number of pyridine rings is 1. The number of H-pyrrole nitrogens is 1. The second-order valence-electron chi connectivity index (χ2n) is 7.04. The van der Waals surface area contributed by atoms with Crippen LogP contribution in [0.15, 0.2) is 36.4 Å². The molecule has 0 aliphatic carbocycles. The van der Waals surface area contributed by atoms with E-state index in [0.717, 1.165) is 5.69 Å². The average Bonchev–Trinajstić information content (AvgIpc) is 3.08. The molecule has 0 radical (unpaired) electrons. The third kappa shape index (κ3) is 4.09. The highest BCUT2D eigenvalue weighted by Crippen LogP contribution is 2.20. The van der Waals surface area contributed by atoms with E-state index >= 15 is 0 Å². The van der Waals surface area contributed by atoms with Crippen LogP contribution in [0, 0.1) is 12.7 Å². The van der Waals surface area contributed by atoms with Crippen LogP contribution in [0.1, 0.15) is 17.7 Å². The first-order valence-corrected chi connectivity index (χ1v) is 9.38. The number of rotatable bonds is 5. The first-order valence-electron chi connectivity index (χ1n) is 9.38. The lowest BCUT2D eigenvalue weighted by Crippen LogP contribution is -2.55. The molecule has 0 unspecified atom stereocenters. The number of piperazine rings is 1. The predicted molar refractivity (Wildman–Crippen MR) is 105 cm³/mol. The highest BCUT2D eigenvalue weighted by molar-refractivity contribution is 6.00. The SMILES string of the molecule is Cc1ccc2c(NC(=O)C[C@H]3C(=O)NCCN3Cc3ccccc3F)n[nH]c2n1. The van der Waals surface area contributed by atoms with E-state index in [2.05, 4.69) is 25.8 Å². The number of aromatic amines is 1. The van der Waals surface area contributed by atoms with Crippen LogP contribution in [-0.4, -0.2) is 51.0 Å². The molecule has 1 saturated heterocycles. The molecule has 3 aromatic rings. The van der Waals surface area contributed by atoms with E-state index in [1.165, 1.54) is 6.07 Å². The van der Waals surface area contributed by atoms with Crippen molar-refractivity contribution in [1.29, 1.82) is 0 Å². The zero-order chi connectivity index (χ0) is 20.4. The molecule has 1 aliphatic rings. The van der Waals surface area contributed by atoms with E-state index in [4.69, 9.17) is 0 Å². The maximum Gasteiger partial charge on any atom is 0.237 e. The van der Waals surface area contributed by atoms with Crippen molar-refractivity contribution in [2.24, 2.45) is 0 Å². The largest absolute Gasteiger partial charge is 0.353 e. The van der Waals surface area contributed by atoms with Crippen molar-refractivity contribution in [3.63, 3.8) is 0 Å². The second kappa shape index (κ2) is 7.96. The van der Waals surface area contributed by atoms with Gasteiger partial charge in [0.25, 0.3) is 0 Å². The number of hydrogen-bond acceptors (Lipinski definition) is 5. The zero-order valence-corrected chi connectivity index (χ0v) is 15.9. The Bertz CT molecular complexity index is 1070. The minimum atomic E-state index is -0.686. The second-order valence-corrected chi connectivity index (χ2v) is 7.04. The summed E-state index contributed by atoms with van der Waals surface area (Å²) in [6.07, 6.45) is -0.0616. The van der Waals surface area contributed by atoms with Crippen molar-refractivity contribution < 1.29 is 14.0 Å². The van der Waals surface area contributed by atoms with Gasteiger partial charge in [0.05, 0.1) is 17.8 Å². The molecule has 2 amide bonds. The van der Waals surface area contributed by atoms with Gasteiger partial charge >= 0.3 is 0 Å². The molecule has 9 heteroatoms. The number of fused-ring (bicyclic) bond motifs is 1. The Hall–Kier alpha value is -3.33. The lowest BCUT2D eigenvalue weighted by Gasteiger charge is -2.34. The molecule has 2 aromatic heterocycles. The van der Waals surface area contributed by atoms with Crippen molar-refractivity contribution in [3.8, 4) is 0 Å². The molecular weight excluding hydrogens is 375 g/mol. The van der Waals surface area contributed by atoms with Gasteiger partial charge in [0.15, 0.2) is 11.5 Å². The number of nitrogens with one attached hydrogen (secondary N) is 3. The van der Waals surface area contributed by atoms with Crippen molar-refractivity contribution in [2.75, 3.05) is 18.4 Å². The van der Waals surface area contributed by atoms with Gasteiger partial charge in [-0.25, -0.2) is 9.37 Å².